The molecule has 0 radical (unpaired) electrons. The largest absolute Gasteiger partial charge is 0.493 e. The third-order valence-corrected chi connectivity index (χ3v) is 4.44. The third-order valence-electron chi connectivity index (χ3n) is 3.63. The molecular weight excluding hydrogens is 328 g/mol. The van der Waals surface area contributed by atoms with Crippen molar-refractivity contribution >= 4 is 15.9 Å². The summed E-state index contributed by atoms with van der Waals surface area (Å²) >= 11 is 3.81. The van der Waals surface area contributed by atoms with E-state index < -0.39 is 0 Å². The van der Waals surface area contributed by atoms with Crippen LogP contribution in [-0.4, -0.2) is 14.2 Å². The number of alkyl halides is 1. The quantitative estimate of drug-likeness (QED) is 0.708. The molecule has 0 N–H and O–H groups in total. The lowest BCUT2D eigenvalue weighted by Crippen LogP contribution is -1.99. The zero-order chi connectivity index (χ0) is 15.4. The maximum atomic E-state index is 5.36. The monoisotopic (exact) mass is 348 g/mol. The number of rotatable bonds is 5. The molecule has 1 unspecified atom stereocenters. The van der Waals surface area contributed by atoms with Crippen LogP contribution in [0.5, 0.6) is 11.5 Å². The molecular formula is C18H21BrO2. The van der Waals surface area contributed by atoms with Crippen LogP contribution in [-0.2, 0) is 6.42 Å². The fourth-order valence-corrected chi connectivity index (χ4v) is 3.39. The number of halogens is 1. The van der Waals surface area contributed by atoms with Crippen LogP contribution >= 0.6 is 15.9 Å². The second-order valence-electron chi connectivity index (χ2n) is 5.22. The second kappa shape index (κ2) is 6.99. The lowest BCUT2D eigenvalue weighted by Gasteiger charge is -2.15. The van der Waals surface area contributed by atoms with Crippen LogP contribution in [0, 0.1) is 13.8 Å². The van der Waals surface area contributed by atoms with E-state index in [0.717, 1.165) is 17.9 Å². The van der Waals surface area contributed by atoms with E-state index in [0.29, 0.717) is 0 Å². The Balaban J connectivity index is 2.21. The SMILES string of the molecule is COc1ccc(CC(Br)c2ccc(C)cc2C)cc1OC. The Kier molecular flexibility index (Phi) is 5.29. The third kappa shape index (κ3) is 3.79. The van der Waals surface area contributed by atoms with E-state index in [1.54, 1.807) is 14.2 Å². The molecule has 0 aromatic heterocycles. The summed E-state index contributed by atoms with van der Waals surface area (Å²) in [4.78, 5) is 0.288. The summed E-state index contributed by atoms with van der Waals surface area (Å²) in [6, 6.07) is 12.7. The molecule has 0 spiro atoms. The van der Waals surface area contributed by atoms with E-state index in [-0.39, 0.29) is 4.83 Å². The van der Waals surface area contributed by atoms with Crippen LogP contribution in [0.3, 0.4) is 0 Å². The van der Waals surface area contributed by atoms with Gasteiger partial charge in [0, 0.05) is 4.83 Å². The zero-order valence-corrected chi connectivity index (χ0v) is 14.5. The molecule has 0 bridgehead atoms. The van der Waals surface area contributed by atoms with Crippen LogP contribution in [0.15, 0.2) is 36.4 Å². The summed E-state index contributed by atoms with van der Waals surface area (Å²) in [5.41, 5.74) is 5.16. The summed E-state index contributed by atoms with van der Waals surface area (Å²) in [5.74, 6) is 1.54. The van der Waals surface area contributed by atoms with Gasteiger partial charge >= 0.3 is 0 Å². The van der Waals surface area contributed by atoms with Crippen molar-refractivity contribution in [1.82, 2.24) is 0 Å². The van der Waals surface area contributed by atoms with E-state index in [1.807, 2.05) is 12.1 Å². The van der Waals surface area contributed by atoms with Crippen molar-refractivity contribution < 1.29 is 9.47 Å². The van der Waals surface area contributed by atoms with Crippen LogP contribution in [0.25, 0.3) is 0 Å². The van der Waals surface area contributed by atoms with Gasteiger partial charge in [0.15, 0.2) is 11.5 Å². The van der Waals surface area contributed by atoms with Gasteiger partial charge in [0.1, 0.15) is 0 Å². The van der Waals surface area contributed by atoms with Crippen molar-refractivity contribution in [3.05, 3.63) is 58.7 Å². The lowest BCUT2D eigenvalue weighted by molar-refractivity contribution is 0.354. The summed E-state index contributed by atoms with van der Waals surface area (Å²) in [5, 5.41) is 0. The molecule has 0 aliphatic rings. The topological polar surface area (TPSA) is 18.5 Å². The first-order valence-corrected chi connectivity index (χ1v) is 7.89. The zero-order valence-electron chi connectivity index (χ0n) is 12.9. The van der Waals surface area contributed by atoms with E-state index in [4.69, 9.17) is 9.47 Å². The minimum Gasteiger partial charge on any atom is -0.493 e. The summed E-state index contributed by atoms with van der Waals surface area (Å²) < 4.78 is 10.6. The molecule has 0 amide bonds. The van der Waals surface area contributed by atoms with Gasteiger partial charge in [-0.25, -0.2) is 0 Å². The molecule has 0 heterocycles. The highest BCUT2D eigenvalue weighted by molar-refractivity contribution is 9.09. The van der Waals surface area contributed by atoms with E-state index in [9.17, 15) is 0 Å². The average Bonchev–Trinajstić information content (AvgIpc) is 2.46. The Labute approximate surface area is 135 Å². The molecule has 0 saturated heterocycles. The number of hydrogen-bond acceptors (Lipinski definition) is 2. The van der Waals surface area contributed by atoms with Crippen LogP contribution in [0.4, 0.5) is 0 Å². The van der Waals surface area contributed by atoms with Gasteiger partial charge < -0.3 is 9.47 Å². The first-order valence-electron chi connectivity index (χ1n) is 6.97. The molecule has 2 aromatic carbocycles. The first-order chi connectivity index (χ1) is 10.0. The van der Waals surface area contributed by atoms with Gasteiger partial charge in [0.05, 0.1) is 14.2 Å². The van der Waals surface area contributed by atoms with Gasteiger partial charge in [-0.3, -0.25) is 0 Å². The smallest absolute Gasteiger partial charge is 0.160 e. The number of ether oxygens (including phenoxy) is 2. The van der Waals surface area contributed by atoms with Gasteiger partial charge in [-0.2, -0.15) is 0 Å². The Bertz CT molecular complexity index is 623. The molecule has 0 fully saturated rings. The predicted molar refractivity (Wildman–Crippen MR) is 90.8 cm³/mol. The van der Waals surface area contributed by atoms with E-state index in [2.05, 4.69) is 54.0 Å². The minimum atomic E-state index is 0.288. The van der Waals surface area contributed by atoms with Crippen LogP contribution in [0.1, 0.15) is 27.1 Å². The molecule has 112 valence electrons. The van der Waals surface area contributed by atoms with Crippen molar-refractivity contribution in [3.8, 4) is 11.5 Å². The maximum Gasteiger partial charge on any atom is 0.160 e. The van der Waals surface area contributed by atoms with E-state index >= 15 is 0 Å². The molecule has 2 aromatic rings. The number of hydrogen-bond donors (Lipinski definition) is 0. The Morgan fingerprint density at radius 2 is 1.67 bits per heavy atom. The number of benzene rings is 2. The molecule has 2 rings (SSSR count). The van der Waals surface area contributed by atoms with Crippen molar-refractivity contribution in [1.29, 1.82) is 0 Å². The van der Waals surface area contributed by atoms with Crippen molar-refractivity contribution in [2.45, 2.75) is 25.1 Å². The van der Waals surface area contributed by atoms with Crippen molar-refractivity contribution in [2.75, 3.05) is 14.2 Å². The Morgan fingerprint density at radius 3 is 2.29 bits per heavy atom. The fourth-order valence-electron chi connectivity index (χ4n) is 2.50. The van der Waals surface area contributed by atoms with Gasteiger partial charge in [-0.15, -0.1) is 0 Å². The molecule has 0 aliphatic carbocycles. The highest BCUT2D eigenvalue weighted by Crippen LogP contribution is 2.33. The molecule has 0 aliphatic heterocycles. The summed E-state index contributed by atoms with van der Waals surface area (Å²) in [6.07, 6.45) is 0.907. The highest BCUT2D eigenvalue weighted by atomic mass is 79.9. The number of methoxy groups -OCH3 is 2. The van der Waals surface area contributed by atoms with Crippen LogP contribution in [0.2, 0.25) is 0 Å². The van der Waals surface area contributed by atoms with Gasteiger partial charge in [0.2, 0.25) is 0 Å². The van der Waals surface area contributed by atoms with E-state index in [1.165, 1.54) is 22.3 Å². The Morgan fingerprint density at radius 1 is 0.952 bits per heavy atom. The first kappa shape index (κ1) is 15.9. The van der Waals surface area contributed by atoms with Crippen molar-refractivity contribution in [2.24, 2.45) is 0 Å². The molecule has 1 atom stereocenters. The molecule has 0 saturated carbocycles. The standard InChI is InChI=1S/C18H21BrO2/c1-12-5-7-15(13(2)9-12)16(19)10-14-6-8-17(20-3)18(11-14)21-4/h5-9,11,16H,10H2,1-4H3. The maximum absolute atomic E-state index is 5.36. The summed E-state index contributed by atoms with van der Waals surface area (Å²) in [7, 11) is 3.32. The molecule has 21 heavy (non-hydrogen) atoms. The highest BCUT2D eigenvalue weighted by Gasteiger charge is 2.13. The van der Waals surface area contributed by atoms with Crippen molar-refractivity contribution in [3.63, 3.8) is 0 Å². The average molecular weight is 349 g/mol. The fraction of sp³-hybridized carbons (Fsp3) is 0.333. The summed E-state index contributed by atoms with van der Waals surface area (Å²) in [6.45, 7) is 4.28. The second-order valence-corrected chi connectivity index (χ2v) is 6.33. The Hall–Kier alpha value is -1.48. The minimum absolute atomic E-state index is 0.288. The van der Waals surface area contributed by atoms with Gasteiger partial charge in [0.25, 0.3) is 0 Å². The normalized spacial score (nSPS) is 12.0. The molecule has 2 nitrogen and oxygen atoms in total. The molecule has 3 heteroatoms. The predicted octanol–water partition coefficient (Wildman–Crippen LogP) is 5.00. The van der Waals surface area contributed by atoms with Crippen LogP contribution < -0.4 is 9.47 Å². The lowest BCUT2D eigenvalue weighted by atomic mass is 9.98. The van der Waals surface area contributed by atoms with Gasteiger partial charge in [-0.1, -0.05) is 45.8 Å². The van der Waals surface area contributed by atoms with Gasteiger partial charge in [-0.05, 0) is 49.1 Å². The number of aryl methyl sites for hydroxylation is 2.